The highest BCUT2D eigenvalue weighted by Crippen LogP contribution is 2.21. The Hall–Kier alpha value is -2.04. The van der Waals surface area contributed by atoms with E-state index in [1.807, 2.05) is 31.2 Å². The zero-order chi connectivity index (χ0) is 17.5. The molecule has 0 heterocycles. The maximum Gasteiger partial charge on any atom is 0.239 e. The number of anilines is 2. The Morgan fingerprint density at radius 1 is 1.00 bits per heavy atom. The molecule has 1 aromatic rings. The highest BCUT2D eigenvalue weighted by Gasteiger charge is 2.35. The van der Waals surface area contributed by atoms with Gasteiger partial charge in [-0.3, -0.25) is 9.59 Å². The van der Waals surface area contributed by atoms with Crippen molar-refractivity contribution < 1.29 is 9.59 Å². The van der Waals surface area contributed by atoms with Crippen LogP contribution in [0.1, 0.15) is 41.0 Å². The van der Waals surface area contributed by atoms with Gasteiger partial charge < -0.3 is 15.5 Å². The Balaban J connectivity index is 2.75. The molecule has 23 heavy (non-hydrogen) atoms. The zero-order valence-electron chi connectivity index (χ0n) is 14.9. The fraction of sp³-hybridized carbons (Fsp3) is 0.556. The molecule has 0 aromatic heterocycles. The lowest BCUT2D eigenvalue weighted by atomic mass is 9.91. The van der Waals surface area contributed by atoms with E-state index in [9.17, 15) is 9.59 Å². The normalized spacial score (nSPS) is 11.0. The summed E-state index contributed by atoms with van der Waals surface area (Å²) in [5.74, 6) is -0.557. The molecular formula is C18H29N3O2. The number of amides is 2. The largest absolute Gasteiger partial charge is 0.372 e. The van der Waals surface area contributed by atoms with Crippen LogP contribution >= 0.6 is 0 Å². The fourth-order valence-corrected chi connectivity index (χ4v) is 2.19. The van der Waals surface area contributed by atoms with Gasteiger partial charge in [-0.25, -0.2) is 0 Å². The van der Waals surface area contributed by atoms with Crippen LogP contribution in [0, 0.1) is 5.41 Å². The van der Waals surface area contributed by atoms with E-state index in [1.165, 1.54) is 0 Å². The molecule has 0 aliphatic rings. The predicted molar refractivity (Wildman–Crippen MR) is 95.7 cm³/mol. The maximum absolute atomic E-state index is 12.4. The van der Waals surface area contributed by atoms with Gasteiger partial charge in [-0.2, -0.15) is 0 Å². The summed E-state index contributed by atoms with van der Waals surface area (Å²) in [6, 6.07) is 7.69. The third-order valence-corrected chi connectivity index (χ3v) is 3.92. The summed E-state index contributed by atoms with van der Waals surface area (Å²) in [5.41, 5.74) is 0.711. The Morgan fingerprint density at radius 2 is 1.57 bits per heavy atom. The van der Waals surface area contributed by atoms with Crippen molar-refractivity contribution in [1.82, 2.24) is 5.32 Å². The van der Waals surface area contributed by atoms with E-state index in [0.29, 0.717) is 12.2 Å². The number of carbonyl (C=O) groups is 2. The van der Waals surface area contributed by atoms with Crippen molar-refractivity contribution in [1.29, 1.82) is 0 Å². The molecule has 0 saturated heterocycles. The lowest BCUT2D eigenvalue weighted by molar-refractivity contribution is -0.138. The molecule has 0 spiro atoms. The first-order valence-corrected chi connectivity index (χ1v) is 8.31. The minimum Gasteiger partial charge on any atom is -0.372 e. The van der Waals surface area contributed by atoms with Crippen molar-refractivity contribution in [3.63, 3.8) is 0 Å². The van der Waals surface area contributed by atoms with Crippen molar-refractivity contribution in [3.8, 4) is 0 Å². The maximum atomic E-state index is 12.4. The summed E-state index contributed by atoms with van der Waals surface area (Å²) >= 11 is 0. The molecule has 5 heteroatoms. The van der Waals surface area contributed by atoms with Crippen LogP contribution in [0.25, 0.3) is 0 Å². The Kier molecular flexibility index (Phi) is 7.07. The molecule has 2 N–H and O–H groups in total. The topological polar surface area (TPSA) is 61.4 Å². The van der Waals surface area contributed by atoms with Crippen LogP contribution in [-0.4, -0.2) is 31.4 Å². The highest BCUT2D eigenvalue weighted by molar-refractivity contribution is 6.09. The molecular weight excluding hydrogens is 290 g/mol. The van der Waals surface area contributed by atoms with Crippen molar-refractivity contribution >= 4 is 23.2 Å². The second-order valence-electron chi connectivity index (χ2n) is 6.05. The summed E-state index contributed by atoms with van der Waals surface area (Å²) < 4.78 is 0. The van der Waals surface area contributed by atoms with E-state index >= 15 is 0 Å². The van der Waals surface area contributed by atoms with E-state index in [4.69, 9.17) is 0 Å². The number of carbonyl (C=O) groups excluding carboxylic acids is 2. The van der Waals surface area contributed by atoms with Crippen molar-refractivity contribution in [3.05, 3.63) is 24.3 Å². The summed E-state index contributed by atoms with van der Waals surface area (Å²) in [7, 11) is 0. The average molecular weight is 319 g/mol. The van der Waals surface area contributed by atoms with Gasteiger partial charge in [-0.1, -0.05) is 6.92 Å². The second kappa shape index (κ2) is 8.56. The van der Waals surface area contributed by atoms with Crippen molar-refractivity contribution in [2.45, 2.75) is 41.0 Å². The Bertz CT molecular complexity index is 520. The van der Waals surface area contributed by atoms with Crippen LogP contribution in [0.4, 0.5) is 11.4 Å². The molecule has 0 unspecified atom stereocenters. The SMILES string of the molecule is CCCNC(=O)C(C)(C)C(=O)Nc1ccc(N(CC)CC)cc1. The molecule has 128 valence electrons. The smallest absolute Gasteiger partial charge is 0.239 e. The van der Waals surface area contributed by atoms with Gasteiger partial charge >= 0.3 is 0 Å². The minimum absolute atomic E-state index is 0.253. The molecule has 1 rings (SSSR count). The standard InChI is InChI=1S/C18H29N3O2/c1-6-13-19-16(22)18(4,5)17(23)20-14-9-11-15(12-10-14)21(7-2)8-3/h9-12H,6-8,13H2,1-5H3,(H,19,22)(H,20,23). The molecule has 0 atom stereocenters. The second-order valence-corrected chi connectivity index (χ2v) is 6.05. The van der Waals surface area contributed by atoms with Crippen LogP contribution < -0.4 is 15.5 Å². The lowest BCUT2D eigenvalue weighted by Crippen LogP contribution is -2.45. The number of nitrogens with zero attached hydrogens (tertiary/aromatic N) is 1. The van der Waals surface area contributed by atoms with Crippen LogP contribution in [0.15, 0.2) is 24.3 Å². The Labute approximate surface area is 139 Å². The number of benzene rings is 1. The van der Waals surface area contributed by atoms with Gasteiger partial charge in [0.15, 0.2) is 0 Å². The summed E-state index contributed by atoms with van der Waals surface area (Å²) in [5, 5.41) is 5.60. The van der Waals surface area contributed by atoms with Gasteiger partial charge in [0, 0.05) is 31.0 Å². The monoisotopic (exact) mass is 319 g/mol. The number of rotatable bonds is 8. The third-order valence-electron chi connectivity index (χ3n) is 3.92. The van der Waals surface area contributed by atoms with Gasteiger partial charge in [0.05, 0.1) is 0 Å². The van der Waals surface area contributed by atoms with Crippen LogP contribution in [0.3, 0.4) is 0 Å². The summed E-state index contributed by atoms with van der Waals surface area (Å²) in [4.78, 5) is 26.7. The molecule has 0 aliphatic heterocycles. The summed E-state index contributed by atoms with van der Waals surface area (Å²) in [6.45, 7) is 11.9. The van der Waals surface area contributed by atoms with Crippen LogP contribution in [0.2, 0.25) is 0 Å². The van der Waals surface area contributed by atoms with E-state index in [-0.39, 0.29) is 11.8 Å². The lowest BCUT2D eigenvalue weighted by Gasteiger charge is -2.23. The van der Waals surface area contributed by atoms with E-state index in [2.05, 4.69) is 29.4 Å². The van der Waals surface area contributed by atoms with Gasteiger partial charge in [0.1, 0.15) is 5.41 Å². The quantitative estimate of drug-likeness (QED) is 0.724. The van der Waals surface area contributed by atoms with Gasteiger partial charge in [0.25, 0.3) is 0 Å². The molecule has 0 bridgehead atoms. The minimum atomic E-state index is -1.10. The fourth-order valence-electron chi connectivity index (χ4n) is 2.19. The van der Waals surface area contributed by atoms with Gasteiger partial charge in [0.2, 0.25) is 11.8 Å². The van der Waals surface area contributed by atoms with Crippen molar-refractivity contribution in [2.24, 2.45) is 5.41 Å². The van der Waals surface area contributed by atoms with E-state index in [1.54, 1.807) is 13.8 Å². The summed E-state index contributed by atoms with van der Waals surface area (Å²) in [6.07, 6.45) is 0.844. The van der Waals surface area contributed by atoms with Gasteiger partial charge in [-0.05, 0) is 58.4 Å². The van der Waals surface area contributed by atoms with Gasteiger partial charge in [-0.15, -0.1) is 0 Å². The van der Waals surface area contributed by atoms with E-state index in [0.717, 1.165) is 25.2 Å². The van der Waals surface area contributed by atoms with Crippen molar-refractivity contribution in [2.75, 3.05) is 29.9 Å². The molecule has 0 radical (unpaired) electrons. The first-order chi connectivity index (χ1) is 10.9. The van der Waals surface area contributed by atoms with E-state index < -0.39 is 5.41 Å². The van der Waals surface area contributed by atoms with Crippen LogP contribution in [-0.2, 0) is 9.59 Å². The van der Waals surface area contributed by atoms with Crippen LogP contribution in [0.5, 0.6) is 0 Å². The molecule has 0 saturated carbocycles. The molecule has 5 nitrogen and oxygen atoms in total. The first-order valence-electron chi connectivity index (χ1n) is 8.31. The average Bonchev–Trinajstić information content (AvgIpc) is 2.55. The molecule has 0 aliphatic carbocycles. The zero-order valence-corrected chi connectivity index (χ0v) is 14.9. The highest BCUT2D eigenvalue weighted by atomic mass is 16.2. The third kappa shape index (κ3) is 4.98. The predicted octanol–water partition coefficient (Wildman–Crippen LogP) is 3.02. The number of hydrogen-bond acceptors (Lipinski definition) is 3. The number of hydrogen-bond donors (Lipinski definition) is 2. The number of nitrogens with one attached hydrogen (secondary N) is 2. The Morgan fingerprint density at radius 3 is 2.04 bits per heavy atom. The molecule has 1 aromatic carbocycles. The first kappa shape index (κ1) is 19.0. The molecule has 0 fully saturated rings. The molecule has 2 amide bonds.